The number of hydrogen-bond donors (Lipinski definition) is 2. The first kappa shape index (κ1) is 15.9. The smallest absolute Gasteiger partial charge is 0.248 e. The first-order chi connectivity index (χ1) is 10.3. The van der Waals surface area contributed by atoms with Gasteiger partial charge in [-0.3, -0.25) is 4.90 Å². The number of fused-ring (bicyclic) bond motifs is 1. The standard InChI is InChI=1S/C14H20ClN3O3S/c1-14-5-2-6-17(14)7-8-18(9-14)22(20,21)13-10(15)3-4-11(16)12(13)19/h3-4,19H,2,5-9,16H2,1H3. The van der Waals surface area contributed by atoms with Crippen LogP contribution in [0.3, 0.4) is 0 Å². The van der Waals surface area contributed by atoms with Gasteiger partial charge in [0.15, 0.2) is 5.75 Å². The molecular weight excluding hydrogens is 326 g/mol. The highest BCUT2D eigenvalue weighted by Crippen LogP contribution is 2.40. The van der Waals surface area contributed by atoms with Crippen molar-refractivity contribution < 1.29 is 13.5 Å². The fourth-order valence-corrected chi connectivity index (χ4v) is 5.62. The molecule has 0 saturated carbocycles. The van der Waals surface area contributed by atoms with Crippen molar-refractivity contribution in [1.82, 2.24) is 9.21 Å². The van der Waals surface area contributed by atoms with E-state index < -0.39 is 15.8 Å². The van der Waals surface area contributed by atoms with Gasteiger partial charge in [0.05, 0.1) is 10.7 Å². The number of halogens is 1. The predicted octanol–water partition coefficient (Wildman–Crippen LogP) is 1.49. The molecule has 0 bridgehead atoms. The van der Waals surface area contributed by atoms with E-state index in [4.69, 9.17) is 17.3 Å². The van der Waals surface area contributed by atoms with Crippen LogP contribution in [0.15, 0.2) is 17.0 Å². The molecule has 2 aliphatic rings. The van der Waals surface area contributed by atoms with Crippen LogP contribution in [0.1, 0.15) is 19.8 Å². The minimum atomic E-state index is -3.88. The summed E-state index contributed by atoms with van der Waals surface area (Å²) in [5.74, 6) is -0.466. The fraction of sp³-hybridized carbons (Fsp3) is 0.571. The average Bonchev–Trinajstić information content (AvgIpc) is 2.83. The number of nitrogen functional groups attached to an aromatic ring is 1. The Bertz CT molecular complexity index is 710. The molecule has 1 aromatic rings. The molecule has 1 unspecified atom stereocenters. The summed E-state index contributed by atoms with van der Waals surface area (Å²) in [6.07, 6.45) is 2.05. The van der Waals surface area contributed by atoms with Crippen LogP contribution in [0.5, 0.6) is 5.75 Å². The number of sulfonamides is 1. The molecule has 8 heteroatoms. The number of phenolic OH excluding ortho intramolecular Hbond substituents is 1. The van der Waals surface area contributed by atoms with Crippen LogP contribution in [0.2, 0.25) is 5.02 Å². The average molecular weight is 346 g/mol. The predicted molar refractivity (Wildman–Crippen MR) is 85.5 cm³/mol. The minimum absolute atomic E-state index is 0.00805. The van der Waals surface area contributed by atoms with Crippen LogP contribution >= 0.6 is 11.6 Å². The summed E-state index contributed by atoms with van der Waals surface area (Å²) in [6, 6.07) is 2.80. The zero-order chi connectivity index (χ0) is 16.1. The van der Waals surface area contributed by atoms with Gasteiger partial charge >= 0.3 is 0 Å². The molecule has 122 valence electrons. The zero-order valence-corrected chi connectivity index (χ0v) is 14.0. The number of nitrogens with two attached hydrogens (primary N) is 1. The summed E-state index contributed by atoms with van der Waals surface area (Å²) in [6.45, 7) is 4.58. The SMILES string of the molecule is CC12CCCN1CCN(S(=O)(=O)c1c(Cl)ccc(N)c1O)C2. The lowest BCUT2D eigenvalue weighted by Crippen LogP contribution is -2.58. The van der Waals surface area contributed by atoms with Gasteiger partial charge in [-0.05, 0) is 38.4 Å². The van der Waals surface area contributed by atoms with Crippen LogP contribution < -0.4 is 5.73 Å². The molecule has 0 aliphatic carbocycles. The third kappa shape index (κ3) is 2.36. The van der Waals surface area contributed by atoms with E-state index in [0.29, 0.717) is 19.6 Å². The highest BCUT2D eigenvalue weighted by molar-refractivity contribution is 7.89. The fourth-order valence-electron chi connectivity index (χ4n) is 3.47. The third-order valence-electron chi connectivity index (χ3n) is 4.76. The van der Waals surface area contributed by atoms with Crippen molar-refractivity contribution in [3.63, 3.8) is 0 Å². The number of piperazine rings is 1. The topological polar surface area (TPSA) is 86.9 Å². The number of phenols is 1. The number of aromatic hydroxyl groups is 1. The molecule has 1 atom stereocenters. The van der Waals surface area contributed by atoms with Gasteiger partial charge in [-0.25, -0.2) is 8.42 Å². The molecular formula is C14H20ClN3O3S. The van der Waals surface area contributed by atoms with Crippen molar-refractivity contribution in [2.75, 3.05) is 31.9 Å². The van der Waals surface area contributed by atoms with Gasteiger partial charge in [0.25, 0.3) is 0 Å². The number of nitrogens with zero attached hydrogens (tertiary/aromatic N) is 2. The molecule has 0 aromatic heterocycles. The van der Waals surface area contributed by atoms with Gasteiger partial charge in [-0.15, -0.1) is 0 Å². The van der Waals surface area contributed by atoms with E-state index in [-0.39, 0.29) is 21.1 Å². The van der Waals surface area contributed by atoms with Crippen molar-refractivity contribution in [3.05, 3.63) is 17.2 Å². The van der Waals surface area contributed by atoms with Gasteiger partial charge in [0.1, 0.15) is 4.90 Å². The maximum Gasteiger partial charge on any atom is 0.248 e. The van der Waals surface area contributed by atoms with E-state index in [9.17, 15) is 13.5 Å². The lowest BCUT2D eigenvalue weighted by Gasteiger charge is -2.44. The minimum Gasteiger partial charge on any atom is -0.504 e. The molecule has 0 spiro atoms. The van der Waals surface area contributed by atoms with Gasteiger partial charge in [-0.2, -0.15) is 4.31 Å². The Hall–Kier alpha value is -1.02. The third-order valence-corrected chi connectivity index (χ3v) is 7.10. The molecule has 3 rings (SSSR count). The zero-order valence-electron chi connectivity index (χ0n) is 12.4. The monoisotopic (exact) mass is 345 g/mol. The number of benzene rings is 1. The van der Waals surface area contributed by atoms with Crippen LogP contribution in [0, 0.1) is 0 Å². The summed E-state index contributed by atoms with van der Waals surface area (Å²) in [7, 11) is -3.88. The lowest BCUT2D eigenvalue weighted by atomic mass is 9.97. The van der Waals surface area contributed by atoms with Gasteiger partial charge < -0.3 is 10.8 Å². The van der Waals surface area contributed by atoms with E-state index >= 15 is 0 Å². The molecule has 2 fully saturated rings. The van der Waals surface area contributed by atoms with E-state index in [1.54, 1.807) is 0 Å². The summed E-state index contributed by atoms with van der Waals surface area (Å²) < 4.78 is 27.3. The maximum atomic E-state index is 12.9. The van der Waals surface area contributed by atoms with Gasteiger partial charge in [0, 0.05) is 25.2 Å². The number of hydrogen-bond acceptors (Lipinski definition) is 5. The molecule has 22 heavy (non-hydrogen) atoms. The van der Waals surface area contributed by atoms with Crippen LogP contribution in [0.25, 0.3) is 0 Å². The Morgan fingerprint density at radius 1 is 1.32 bits per heavy atom. The first-order valence-corrected chi connectivity index (χ1v) is 9.10. The van der Waals surface area contributed by atoms with Crippen molar-refractivity contribution >= 4 is 27.3 Å². The maximum absolute atomic E-state index is 12.9. The van der Waals surface area contributed by atoms with Crippen LogP contribution in [-0.4, -0.2) is 54.4 Å². The largest absolute Gasteiger partial charge is 0.504 e. The molecule has 6 nitrogen and oxygen atoms in total. The Kier molecular flexibility index (Phi) is 3.79. The highest BCUT2D eigenvalue weighted by Gasteiger charge is 2.45. The lowest BCUT2D eigenvalue weighted by molar-refractivity contribution is 0.0800. The molecule has 0 radical (unpaired) electrons. The molecule has 0 amide bonds. The van der Waals surface area contributed by atoms with Gasteiger partial charge in [0.2, 0.25) is 10.0 Å². The normalized spacial score (nSPS) is 27.0. The Morgan fingerprint density at radius 2 is 2.05 bits per heavy atom. The number of anilines is 1. The second-order valence-corrected chi connectivity index (χ2v) is 8.52. The summed E-state index contributed by atoms with van der Waals surface area (Å²) in [4.78, 5) is 2.05. The molecule has 2 saturated heterocycles. The van der Waals surface area contributed by atoms with Crippen molar-refractivity contribution in [2.45, 2.75) is 30.2 Å². The highest BCUT2D eigenvalue weighted by atomic mass is 35.5. The van der Waals surface area contributed by atoms with Crippen molar-refractivity contribution in [3.8, 4) is 5.75 Å². The summed E-state index contributed by atoms with van der Waals surface area (Å²) in [5, 5.41) is 10.1. The van der Waals surface area contributed by atoms with E-state index in [0.717, 1.165) is 19.4 Å². The summed E-state index contributed by atoms with van der Waals surface area (Å²) >= 11 is 6.02. The molecule has 2 aliphatic heterocycles. The first-order valence-electron chi connectivity index (χ1n) is 7.28. The second-order valence-electron chi connectivity index (χ2n) is 6.24. The van der Waals surface area contributed by atoms with Crippen LogP contribution in [0.4, 0.5) is 5.69 Å². The molecule has 2 heterocycles. The Labute approximate surface area is 135 Å². The molecule has 3 N–H and O–H groups in total. The summed E-state index contributed by atoms with van der Waals surface area (Å²) in [5.41, 5.74) is 5.49. The Morgan fingerprint density at radius 3 is 2.77 bits per heavy atom. The van der Waals surface area contributed by atoms with Crippen LogP contribution in [-0.2, 0) is 10.0 Å². The van der Waals surface area contributed by atoms with E-state index in [1.807, 2.05) is 0 Å². The van der Waals surface area contributed by atoms with Crippen molar-refractivity contribution in [1.29, 1.82) is 0 Å². The number of rotatable bonds is 2. The van der Waals surface area contributed by atoms with Gasteiger partial charge in [-0.1, -0.05) is 11.6 Å². The van der Waals surface area contributed by atoms with Crippen molar-refractivity contribution in [2.24, 2.45) is 0 Å². The van der Waals surface area contributed by atoms with E-state index in [2.05, 4.69) is 11.8 Å². The molecule has 1 aromatic carbocycles. The Balaban J connectivity index is 1.99. The second kappa shape index (κ2) is 5.26. The quantitative estimate of drug-likeness (QED) is 0.626. The van der Waals surface area contributed by atoms with E-state index in [1.165, 1.54) is 16.4 Å².